The number of hydrogen-bond donors (Lipinski definition) is 0. The Kier molecular flexibility index (Phi) is 7.02. The Balaban J connectivity index is 1.36. The molecule has 4 rings (SSSR count). The number of methoxy groups -OCH3 is 1. The molecule has 1 saturated heterocycles. The molecule has 31 heavy (non-hydrogen) atoms. The molecule has 3 aromatic rings. The molecule has 1 aromatic heterocycles. The highest BCUT2D eigenvalue weighted by Gasteiger charge is 2.41. The van der Waals surface area contributed by atoms with Gasteiger partial charge in [0.2, 0.25) is 0 Å². The van der Waals surface area contributed by atoms with Crippen LogP contribution in [0, 0.1) is 6.92 Å². The van der Waals surface area contributed by atoms with Gasteiger partial charge in [-0.3, -0.25) is 0 Å². The molecule has 6 heteroatoms. The monoisotopic (exact) mass is 422 g/mol. The molecule has 0 amide bonds. The summed E-state index contributed by atoms with van der Waals surface area (Å²) in [5, 5.41) is 0. The van der Waals surface area contributed by atoms with Crippen LogP contribution in [0.3, 0.4) is 0 Å². The van der Waals surface area contributed by atoms with Gasteiger partial charge in [-0.05, 0) is 25.0 Å². The Bertz CT molecular complexity index is 942. The fourth-order valence-electron chi connectivity index (χ4n) is 3.86. The number of imidazole rings is 1. The number of benzene rings is 2. The van der Waals surface area contributed by atoms with Crippen molar-refractivity contribution in [2.45, 2.75) is 44.8 Å². The van der Waals surface area contributed by atoms with Crippen LogP contribution in [0.1, 0.15) is 23.1 Å². The summed E-state index contributed by atoms with van der Waals surface area (Å²) >= 11 is 0. The van der Waals surface area contributed by atoms with Crippen LogP contribution in [0.5, 0.6) is 5.75 Å². The van der Waals surface area contributed by atoms with Gasteiger partial charge >= 0.3 is 0 Å². The summed E-state index contributed by atoms with van der Waals surface area (Å²) < 4.78 is 26.0. The molecular formula is C25H30N2O4. The molecular weight excluding hydrogens is 392 g/mol. The van der Waals surface area contributed by atoms with E-state index in [-0.39, 0.29) is 6.10 Å². The van der Waals surface area contributed by atoms with Crippen LogP contribution in [0.4, 0.5) is 0 Å². The van der Waals surface area contributed by atoms with Gasteiger partial charge in [-0.2, -0.15) is 0 Å². The average molecular weight is 423 g/mol. The molecule has 1 fully saturated rings. The third kappa shape index (κ3) is 5.73. The van der Waals surface area contributed by atoms with Crippen molar-refractivity contribution >= 4 is 0 Å². The Hall–Kier alpha value is -2.67. The van der Waals surface area contributed by atoms with Gasteiger partial charge in [0.1, 0.15) is 11.9 Å². The number of nitrogens with zero attached hydrogens (tertiary/aromatic N) is 2. The van der Waals surface area contributed by atoms with Crippen LogP contribution in [-0.2, 0) is 33.8 Å². The van der Waals surface area contributed by atoms with Crippen LogP contribution in [0.15, 0.2) is 67.3 Å². The lowest BCUT2D eigenvalue weighted by atomic mass is 10.0. The zero-order valence-electron chi connectivity index (χ0n) is 18.2. The fraction of sp³-hybridized carbons (Fsp3) is 0.400. The Morgan fingerprint density at radius 2 is 2.00 bits per heavy atom. The third-order valence-corrected chi connectivity index (χ3v) is 5.57. The molecule has 2 atom stereocenters. The van der Waals surface area contributed by atoms with Crippen molar-refractivity contribution in [3.05, 3.63) is 83.9 Å². The quantitative estimate of drug-likeness (QED) is 0.491. The molecule has 0 bridgehead atoms. The van der Waals surface area contributed by atoms with Crippen molar-refractivity contribution in [1.82, 2.24) is 9.55 Å². The molecule has 6 nitrogen and oxygen atoms in total. The molecule has 2 aromatic carbocycles. The zero-order chi connectivity index (χ0) is 21.5. The lowest BCUT2D eigenvalue weighted by molar-refractivity contribution is -0.187. The Morgan fingerprint density at radius 3 is 2.77 bits per heavy atom. The first kappa shape index (κ1) is 21.6. The standard InChI is InChI=1S/C25H30N2O4/c1-20-7-9-21(10-8-20)11-12-25(18-27-14-13-26-19-27)30-17-23(31-25)16-29-15-22-5-3-4-6-24(22)28-2/h3-10,13-14,19,23H,11-12,15-18H2,1-2H3. The van der Waals surface area contributed by atoms with Gasteiger partial charge < -0.3 is 23.5 Å². The van der Waals surface area contributed by atoms with Crippen molar-refractivity contribution in [2.24, 2.45) is 0 Å². The van der Waals surface area contributed by atoms with E-state index in [1.54, 1.807) is 19.6 Å². The number of aryl methyl sites for hydroxylation is 2. The van der Waals surface area contributed by atoms with Gasteiger partial charge in [0, 0.05) is 24.4 Å². The lowest BCUT2D eigenvalue weighted by Gasteiger charge is -2.28. The second-order valence-corrected chi connectivity index (χ2v) is 8.01. The summed E-state index contributed by atoms with van der Waals surface area (Å²) in [7, 11) is 1.67. The van der Waals surface area contributed by atoms with Crippen LogP contribution in [-0.4, -0.2) is 41.8 Å². The second-order valence-electron chi connectivity index (χ2n) is 8.01. The second kappa shape index (κ2) is 10.1. The van der Waals surface area contributed by atoms with E-state index in [2.05, 4.69) is 36.2 Å². The van der Waals surface area contributed by atoms with Gasteiger partial charge in [0.25, 0.3) is 0 Å². The van der Waals surface area contributed by atoms with Crippen molar-refractivity contribution in [1.29, 1.82) is 0 Å². The smallest absolute Gasteiger partial charge is 0.187 e. The summed E-state index contributed by atoms with van der Waals surface area (Å²) in [6, 6.07) is 16.5. The van der Waals surface area contributed by atoms with Gasteiger partial charge in [-0.1, -0.05) is 48.0 Å². The number of aromatic nitrogens is 2. The molecule has 0 saturated carbocycles. The molecule has 0 aliphatic carbocycles. The summed E-state index contributed by atoms with van der Waals surface area (Å²) in [6.07, 6.45) is 7.03. The van der Waals surface area contributed by atoms with Crippen molar-refractivity contribution in [3.63, 3.8) is 0 Å². The highest BCUT2D eigenvalue weighted by Crippen LogP contribution is 2.31. The van der Waals surface area contributed by atoms with Crippen LogP contribution in [0.2, 0.25) is 0 Å². The van der Waals surface area contributed by atoms with Crippen molar-refractivity contribution in [2.75, 3.05) is 20.3 Å². The minimum Gasteiger partial charge on any atom is -0.496 e. The van der Waals surface area contributed by atoms with Crippen LogP contribution < -0.4 is 4.74 Å². The molecule has 2 heterocycles. The van der Waals surface area contributed by atoms with Gasteiger partial charge in [-0.25, -0.2) is 4.98 Å². The number of rotatable bonds is 10. The predicted molar refractivity (Wildman–Crippen MR) is 118 cm³/mol. The highest BCUT2D eigenvalue weighted by molar-refractivity contribution is 5.32. The topological polar surface area (TPSA) is 54.7 Å². The molecule has 164 valence electrons. The number of ether oxygens (including phenoxy) is 4. The first-order valence-electron chi connectivity index (χ1n) is 10.7. The van der Waals surface area contributed by atoms with E-state index >= 15 is 0 Å². The van der Waals surface area contributed by atoms with Gasteiger partial charge in [0.05, 0.1) is 39.8 Å². The maximum Gasteiger partial charge on any atom is 0.187 e. The molecule has 1 aliphatic heterocycles. The fourth-order valence-corrected chi connectivity index (χ4v) is 3.86. The summed E-state index contributed by atoms with van der Waals surface area (Å²) in [4.78, 5) is 4.16. The van der Waals surface area contributed by atoms with Crippen LogP contribution in [0.25, 0.3) is 0 Å². The average Bonchev–Trinajstić information content (AvgIpc) is 3.44. The zero-order valence-corrected chi connectivity index (χ0v) is 18.2. The van der Waals surface area contributed by atoms with E-state index in [0.717, 1.165) is 24.2 Å². The van der Waals surface area contributed by atoms with E-state index < -0.39 is 5.79 Å². The van der Waals surface area contributed by atoms with Crippen LogP contribution >= 0.6 is 0 Å². The molecule has 2 unspecified atom stereocenters. The lowest BCUT2D eigenvalue weighted by Crippen LogP contribution is -2.37. The Labute approximate surface area is 183 Å². The maximum atomic E-state index is 6.44. The molecule has 0 spiro atoms. The molecule has 0 N–H and O–H groups in total. The normalized spacial score (nSPS) is 20.8. The first-order valence-corrected chi connectivity index (χ1v) is 10.7. The van der Waals surface area contributed by atoms with E-state index in [1.165, 1.54) is 11.1 Å². The summed E-state index contributed by atoms with van der Waals surface area (Å²) in [6.45, 7) is 4.15. The first-order chi connectivity index (χ1) is 15.2. The van der Waals surface area contributed by atoms with E-state index in [4.69, 9.17) is 18.9 Å². The SMILES string of the molecule is COc1ccccc1COCC1COC(CCc2ccc(C)cc2)(Cn2ccnc2)O1. The maximum absolute atomic E-state index is 6.44. The van der Waals surface area contributed by atoms with Crippen molar-refractivity contribution in [3.8, 4) is 5.75 Å². The minimum absolute atomic E-state index is 0.115. The van der Waals surface area contributed by atoms with Gasteiger partial charge in [-0.15, -0.1) is 0 Å². The summed E-state index contributed by atoms with van der Waals surface area (Å²) in [5.74, 6) is 0.142. The number of para-hydroxylation sites is 1. The molecule has 1 aliphatic rings. The number of hydrogen-bond acceptors (Lipinski definition) is 5. The van der Waals surface area contributed by atoms with E-state index in [9.17, 15) is 0 Å². The largest absolute Gasteiger partial charge is 0.496 e. The van der Waals surface area contributed by atoms with Crippen molar-refractivity contribution < 1.29 is 18.9 Å². The highest BCUT2D eigenvalue weighted by atomic mass is 16.8. The summed E-state index contributed by atoms with van der Waals surface area (Å²) in [5.41, 5.74) is 3.56. The van der Waals surface area contributed by atoms with Gasteiger partial charge in [0.15, 0.2) is 5.79 Å². The van der Waals surface area contributed by atoms with E-state index in [1.807, 2.05) is 35.0 Å². The molecule has 0 radical (unpaired) electrons. The Morgan fingerprint density at radius 1 is 1.16 bits per heavy atom. The minimum atomic E-state index is -0.690. The van der Waals surface area contributed by atoms with E-state index in [0.29, 0.717) is 26.4 Å². The predicted octanol–water partition coefficient (Wildman–Crippen LogP) is 4.16. The third-order valence-electron chi connectivity index (χ3n) is 5.57.